The summed E-state index contributed by atoms with van der Waals surface area (Å²) in [6.07, 6.45) is 0. The van der Waals surface area contributed by atoms with Crippen LogP contribution in [0.15, 0.2) is 18.2 Å². The maximum atomic E-state index is 12.2. The van der Waals surface area contributed by atoms with E-state index in [0.29, 0.717) is 28.8 Å². The van der Waals surface area contributed by atoms with E-state index in [0.717, 1.165) is 11.6 Å². The highest BCUT2D eigenvalue weighted by molar-refractivity contribution is 6.35. The summed E-state index contributed by atoms with van der Waals surface area (Å²) in [5, 5.41) is 8.09. The monoisotopic (exact) mass is 339 g/mol. The summed E-state index contributed by atoms with van der Waals surface area (Å²) in [7, 11) is 0. The van der Waals surface area contributed by atoms with Gasteiger partial charge < -0.3 is 10.2 Å². The van der Waals surface area contributed by atoms with Crippen molar-refractivity contribution < 1.29 is 4.79 Å². The lowest BCUT2D eigenvalue weighted by Gasteiger charge is -2.39. The van der Waals surface area contributed by atoms with Gasteiger partial charge in [0.2, 0.25) is 0 Å². The number of aryl methyl sites for hydroxylation is 2. The number of nitrogens with one attached hydrogen (secondary N) is 1. The van der Waals surface area contributed by atoms with Gasteiger partial charge in [0, 0.05) is 18.1 Å². The zero-order chi connectivity index (χ0) is 15.9. The third kappa shape index (κ3) is 2.89. The molecule has 116 valence electrons. The lowest BCUT2D eigenvalue weighted by Crippen LogP contribution is -2.52. The Kier molecular flexibility index (Phi) is 3.97. The van der Waals surface area contributed by atoms with Crippen LogP contribution in [0.25, 0.3) is 0 Å². The fourth-order valence-corrected chi connectivity index (χ4v) is 2.78. The van der Waals surface area contributed by atoms with E-state index in [-0.39, 0.29) is 12.1 Å². The highest BCUT2D eigenvalue weighted by Crippen LogP contribution is 2.27. The fourth-order valence-electron chi connectivity index (χ4n) is 2.45. The Balaban J connectivity index is 1.62. The van der Waals surface area contributed by atoms with E-state index in [1.807, 2.05) is 18.5 Å². The molecule has 2 amide bonds. The summed E-state index contributed by atoms with van der Waals surface area (Å²) in [4.78, 5) is 18.2. The summed E-state index contributed by atoms with van der Waals surface area (Å²) >= 11 is 11.9. The molecule has 0 saturated carbocycles. The van der Waals surface area contributed by atoms with E-state index >= 15 is 0 Å². The molecule has 2 aromatic rings. The van der Waals surface area contributed by atoms with E-state index in [9.17, 15) is 4.79 Å². The Labute approximate surface area is 138 Å². The SMILES string of the molecule is Cc1nc(C)n(C2CN(C(=O)Nc3cc(Cl)ccc3Cl)C2)n1. The second-order valence-electron chi connectivity index (χ2n) is 5.26. The fraction of sp³-hybridized carbons (Fsp3) is 0.357. The van der Waals surface area contributed by atoms with Crippen molar-refractivity contribution in [1.29, 1.82) is 0 Å². The minimum absolute atomic E-state index is 0.168. The van der Waals surface area contributed by atoms with E-state index in [4.69, 9.17) is 23.2 Å². The summed E-state index contributed by atoms with van der Waals surface area (Å²) in [6.45, 7) is 4.95. The molecule has 0 spiro atoms. The lowest BCUT2D eigenvalue weighted by molar-refractivity contribution is 0.126. The van der Waals surface area contributed by atoms with Crippen LogP contribution in [0.2, 0.25) is 10.0 Å². The number of hydrogen-bond donors (Lipinski definition) is 1. The quantitative estimate of drug-likeness (QED) is 0.912. The summed E-state index contributed by atoms with van der Waals surface area (Å²) in [6, 6.07) is 4.93. The van der Waals surface area contributed by atoms with Gasteiger partial charge in [0.25, 0.3) is 0 Å². The number of carbonyl (C=O) groups excluding carboxylic acids is 1. The van der Waals surface area contributed by atoms with Crippen LogP contribution in [0.1, 0.15) is 17.7 Å². The van der Waals surface area contributed by atoms with Crippen molar-refractivity contribution in [3.05, 3.63) is 39.9 Å². The van der Waals surface area contributed by atoms with Crippen LogP contribution in [0.3, 0.4) is 0 Å². The largest absolute Gasteiger partial charge is 0.322 e. The van der Waals surface area contributed by atoms with Gasteiger partial charge in [-0.25, -0.2) is 14.5 Å². The van der Waals surface area contributed by atoms with Gasteiger partial charge in [-0.1, -0.05) is 23.2 Å². The molecule has 1 N–H and O–H groups in total. The van der Waals surface area contributed by atoms with Crippen LogP contribution in [0, 0.1) is 13.8 Å². The Bertz CT molecular complexity index is 724. The molecule has 8 heteroatoms. The molecule has 0 unspecified atom stereocenters. The first kappa shape index (κ1) is 15.1. The van der Waals surface area contributed by atoms with E-state index in [1.54, 1.807) is 23.1 Å². The van der Waals surface area contributed by atoms with Crippen LogP contribution in [0.4, 0.5) is 10.5 Å². The van der Waals surface area contributed by atoms with Crippen molar-refractivity contribution >= 4 is 34.9 Å². The zero-order valence-electron chi connectivity index (χ0n) is 12.2. The van der Waals surface area contributed by atoms with Crippen LogP contribution in [-0.2, 0) is 0 Å². The second-order valence-corrected chi connectivity index (χ2v) is 6.11. The second kappa shape index (κ2) is 5.78. The number of hydrogen-bond acceptors (Lipinski definition) is 3. The third-order valence-electron chi connectivity index (χ3n) is 3.57. The van der Waals surface area contributed by atoms with Gasteiger partial charge in [-0.2, -0.15) is 5.10 Å². The molecule has 2 heterocycles. The number of aromatic nitrogens is 3. The molecule has 1 saturated heterocycles. The molecular weight excluding hydrogens is 325 g/mol. The normalized spacial score (nSPS) is 14.8. The predicted molar refractivity (Wildman–Crippen MR) is 85.6 cm³/mol. The number of likely N-dealkylation sites (tertiary alicyclic amines) is 1. The van der Waals surface area contributed by atoms with Crippen LogP contribution >= 0.6 is 23.2 Å². The number of urea groups is 1. The van der Waals surface area contributed by atoms with Crippen LogP contribution in [-0.4, -0.2) is 38.8 Å². The minimum Gasteiger partial charge on any atom is -0.320 e. The summed E-state index contributed by atoms with van der Waals surface area (Å²) < 4.78 is 1.87. The Morgan fingerprint density at radius 2 is 2.05 bits per heavy atom. The molecule has 1 fully saturated rings. The summed E-state index contributed by atoms with van der Waals surface area (Å²) in [5.41, 5.74) is 0.510. The minimum atomic E-state index is -0.199. The first-order valence-electron chi connectivity index (χ1n) is 6.85. The number of anilines is 1. The van der Waals surface area contributed by atoms with Gasteiger partial charge in [-0.15, -0.1) is 0 Å². The highest BCUT2D eigenvalue weighted by atomic mass is 35.5. The molecule has 3 rings (SSSR count). The van der Waals surface area contributed by atoms with E-state index < -0.39 is 0 Å². The van der Waals surface area contributed by atoms with Crippen LogP contribution < -0.4 is 5.32 Å². The molecule has 1 aromatic carbocycles. The van der Waals surface area contributed by atoms with Crippen molar-refractivity contribution in [2.45, 2.75) is 19.9 Å². The number of amides is 2. The lowest BCUT2D eigenvalue weighted by atomic mass is 10.1. The van der Waals surface area contributed by atoms with Crippen LogP contribution in [0.5, 0.6) is 0 Å². The molecule has 1 aromatic heterocycles. The zero-order valence-corrected chi connectivity index (χ0v) is 13.7. The van der Waals surface area contributed by atoms with Gasteiger partial charge in [0.05, 0.1) is 16.8 Å². The van der Waals surface area contributed by atoms with Gasteiger partial charge >= 0.3 is 6.03 Å². The van der Waals surface area contributed by atoms with Gasteiger partial charge in [0.15, 0.2) is 0 Å². The molecule has 22 heavy (non-hydrogen) atoms. The van der Waals surface area contributed by atoms with Crippen molar-refractivity contribution in [2.24, 2.45) is 0 Å². The maximum Gasteiger partial charge on any atom is 0.322 e. The van der Waals surface area contributed by atoms with Gasteiger partial charge in [0.1, 0.15) is 11.6 Å². The van der Waals surface area contributed by atoms with Gasteiger partial charge in [-0.3, -0.25) is 0 Å². The standard InChI is InChI=1S/C14H15Cl2N5O/c1-8-17-9(2)21(19-8)11-6-20(7-11)14(22)18-13-5-10(15)3-4-12(13)16/h3-5,11H,6-7H2,1-2H3,(H,18,22). The molecule has 1 aliphatic rings. The predicted octanol–water partition coefficient (Wildman–Crippen LogP) is 3.29. The molecular formula is C14H15Cl2N5O. The summed E-state index contributed by atoms with van der Waals surface area (Å²) in [5.74, 6) is 1.60. The molecule has 0 atom stereocenters. The van der Waals surface area contributed by atoms with Gasteiger partial charge in [-0.05, 0) is 32.0 Å². The number of rotatable bonds is 2. The molecule has 0 aliphatic carbocycles. The first-order valence-corrected chi connectivity index (χ1v) is 7.60. The third-order valence-corrected chi connectivity index (χ3v) is 4.14. The van der Waals surface area contributed by atoms with Crippen molar-refractivity contribution in [3.8, 4) is 0 Å². The number of halogens is 2. The maximum absolute atomic E-state index is 12.2. The number of benzene rings is 1. The first-order chi connectivity index (χ1) is 10.4. The Morgan fingerprint density at radius 1 is 1.32 bits per heavy atom. The average Bonchev–Trinajstić information content (AvgIpc) is 2.71. The number of carbonyl (C=O) groups is 1. The van der Waals surface area contributed by atoms with Crippen molar-refractivity contribution in [1.82, 2.24) is 19.7 Å². The highest BCUT2D eigenvalue weighted by Gasteiger charge is 2.33. The van der Waals surface area contributed by atoms with E-state index in [2.05, 4.69) is 15.4 Å². The van der Waals surface area contributed by atoms with Crippen molar-refractivity contribution in [3.63, 3.8) is 0 Å². The molecule has 0 bridgehead atoms. The molecule has 1 aliphatic heterocycles. The smallest absolute Gasteiger partial charge is 0.320 e. The Morgan fingerprint density at radius 3 is 2.68 bits per heavy atom. The Hall–Kier alpha value is -1.79. The van der Waals surface area contributed by atoms with Crippen molar-refractivity contribution in [2.75, 3.05) is 18.4 Å². The van der Waals surface area contributed by atoms with E-state index in [1.165, 1.54) is 0 Å². The number of nitrogens with zero attached hydrogens (tertiary/aromatic N) is 4. The topological polar surface area (TPSA) is 63.1 Å². The molecule has 6 nitrogen and oxygen atoms in total. The molecule has 0 radical (unpaired) electrons. The average molecular weight is 340 g/mol.